The van der Waals surface area contributed by atoms with E-state index in [1.54, 1.807) is 6.33 Å². The van der Waals surface area contributed by atoms with Crippen LogP contribution in [0.15, 0.2) is 12.5 Å². The lowest BCUT2D eigenvalue weighted by Gasteiger charge is -2.23. The highest BCUT2D eigenvalue weighted by atomic mass is 16.6. The van der Waals surface area contributed by atoms with E-state index in [0.29, 0.717) is 18.5 Å². The molecule has 2 rings (SSSR count). The molecular formula is C15H26N4O2. The Labute approximate surface area is 126 Å². The number of nitrogens with one attached hydrogen (secondary N) is 3. The van der Waals surface area contributed by atoms with Crippen LogP contribution in [0.25, 0.3) is 0 Å². The molecule has 1 fully saturated rings. The number of ether oxygens (including phenoxy) is 1. The number of nitrogens with zero attached hydrogens (tertiary/aromatic N) is 1. The average Bonchev–Trinajstić information content (AvgIpc) is 3.03. The third-order valence-electron chi connectivity index (χ3n) is 3.68. The molecule has 3 N–H and O–H groups in total. The zero-order chi connectivity index (χ0) is 15.3. The van der Waals surface area contributed by atoms with Crippen molar-refractivity contribution in [2.24, 2.45) is 5.92 Å². The monoisotopic (exact) mass is 294 g/mol. The maximum absolute atomic E-state index is 11.7. The minimum absolute atomic E-state index is 0.332. The second-order valence-corrected chi connectivity index (χ2v) is 6.64. The molecule has 0 spiro atoms. The lowest BCUT2D eigenvalue weighted by molar-refractivity contribution is 0.0517. The van der Waals surface area contributed by atoms with Crippen molar-refractivity contribution in [2.75, 3.05) is 6.54 Å². The number of hydrogen-bond donors (Lipinski definition) is 3. The Kier molecular flexibility index (Phi) is 5.22. The van der Waals surface area contributed by atoms with Gasteiger partial charge in [-0.2, -0.15) is 0 Å². The Bertz CT molecular complexity index is 439. The Morgan fingerprint density at radius 1 is 1.48 bits per heavy atom. The molecular weight excluding hydrogens is 268 g/mol. The fraction of sp³-hybridized carbons (Fsp3) is 0.733. The SMILES string of the molecule is CC(C)(C)OC(=O)NCC1CCCC1NCc1cnc[nH]1. The number of rotatable bonds is 5. The van der Waals surface area contributed by atoms with Crippen molar-refractivity contribution in [3.63, 3.8) is 0 Å². The van der Waals surface area contributed by atoms with Crippen LogP contribution in [0.5, 0.6) is 0 Å². The summed E-state index contributed by atoms with van der Waals surface area (Å²) in [6, 6.07) is 0.434. The van der Waals surface area contributed by atoms with Crippen LogP contribution in [-0.2, 0) is 11.3 Å². The van der Waals surface area contributed by atoms with Gasteiger partial charge in [0.05, 0.1) is 6.33 Å². The first-order valence-electron chi connectivity index (χ1n) is 7.61. The van der Waals surface area contributed by atoms with E-state index >= 15 is 0 Å². The van der Waals surface area contributed by atoms with Gasteiger partial charge in [-0.15, -0.1) is 0 Å². The number of amides is 1. The van der Waals surface area contributed by atoms with E-state index in [-0.39, 0.29) is 6.09 Å². The molecule has 6 heteroatoms. The molecule has 1 aromatic rings. The van der Waals surface area contributed by atoms with E-state index in [9.17, 15) is 4.79 Å². The molecule has 6 nitrogen and oxygen atoms in total. The van der Waals surface area contributed by atoms with E-state index in [1.165, 1.54) is 6.42 Å². The quantitative estimate of drug-likeness (QED) is 0.778. The molecule has 0 radical (unpaired) electrons. The van der Waals surface area contributed by atoms with Crippen LogP contribution in [0.1, 0.15) is 45.7 Å². The van der Waals surface area contributed by atoms with Crippen LogP contribution in [0.3, 0.4) is 0 Å². The summed E-state index contributed by atoms with van der Waals surface area (Å²) in [5.41, 5.74) is 0.638. The van der Waals surface area contributed by atoms with Gasteiger partial charge in [0.2, 0.25) is 0 Å². The van der Waals surface area contributed by atoms with E-state index < -0.39 is 5.60 Å². The molecule has 1 heterocycles. The van der Waals surface area contributed by atoms with Gasteiger partial charge < -0.3 is 20.4 Å². The van der Waals surface area contributed by atoms with Gasteiger partial charge in [0, 0.05) is 31.0 Å². The highest BCUT2D eigenvalue weighted by Gasteiger charge is 2.27. The second kappa shape index (κ2) is 6.93. The first-order chi connectivity index (χ1) is 9.94. The lowest BCUT2D eigenvalue weighted by atomic mass is 10.0. The number of alkyl carbamates (subject to hydrolysis) is 1. The summed E-state index contributed by atoms with van der Waals surface area (Å²) in [4.78, 5) is 18.8. The topological polar surface area (TPSA) is 79.0 Å². The van der Waals surface area contributed by atoms with Gasteiger partial charge in [0.25, 0.3) is 0 Å². The molecule has 1 saturated carbocycles. The fourth-order valence-electron chi connectivity index (χ4n) is 2.70. The summed E-state index contributed by atoms with van der Waals surface area (Å²) in [7, 11) is 0. The number of carbonyl (C=O) groups excluding carboxylic acids is 1. The largest absolute Gasteiger partial charge is 0.444 e. The van der Waals surface area contributed by atoms with Crippen LogP contribution in [-0.4, -0.2) is 34.2 Å². The van der Waals surface area contributed by atoms with Crippen molar-refractivity contribution in [3.8, 4) is 0 Å². The fourth-order valence-corrected chi connectivity index (χ4v) is 2.70. The number of aromatic nitrogens is 2. The minimum atomic E-state index is -0.446. The summed E-state index contributed by atoms with van der Waals surface area (Å²) in [6.07, 6.45) is 6.66. The summed E-state index contributed by atoms with van der Waals surface area (Å²) >= 11 is 0. The number of aromatic amines is 1. The van der Waals surface area contributed by atoms with Gasteiger partial charge in [-0.05, 0) is 39.5 Å². The molecule has 0 saturated heterocycles. The molecule has 0 bridgehead atoms. The summed E-state index contributed by atoms with van der Waals surface area (Å²) in [6.45, 7) is 7.06. The predicted octanol–water partition coefficient (Wildman–Crippen LogP) is 2.19. The van der Waals surface area contributed by atoms with Gasteiger partial charge in [-0.1, -0.05) is 6.42 Å². The average molecular weight is 294 g/mol. The first-order valence-corrected chi connectivity index (χ1v) is 7.61. The van der Waals surface area contributed by atoms with E-state index in [1.807, 2.05) is 27.0 Å². The lowest BCUT2D eigenvalue weighted by Crippen LogP contribution is -2.40. The predicted molar refractivity (Wildman–Crippen MR) is 80.8 cm³/mol. The first kappa shape index (κ1) is 15.8. The Morgan fingerprint density at radius 2 is 2.29 bits per heavy atom. The third kappa shape index (κ3) is 5.38. The molecule has 1 aliphatic carbocycles. The van der Waals surface area contributed by atoms with E-state index in [4.69, 9.17) is 4.74 Å². The molecule has 21 heavy (non-hydrogen) atoms. The van der Waals surface area contributed by atoms with Gasteiger partial charge in [0.1, 0.15) is 5.60 Å². The second-order valence-electron chi connectivity index (χ2n) is 6.64. The summed E-state index contributed by atoms with van der Waals surface area (Å²) in [5.74, 6) is 0.459. The minimum Gasteiger partial charge on any atom is -0.444 e. The van der Waals surface area contributed by atoms with Crippen LogP contribution in [0.4, 0.5) is 4.79 Å². The van der Waals surface area contributed by atoms with E-state index in [2.05, 4.69) is 20.6 Å². The van der Waals surface area contributed by atoms with Crippen molar-refractivity contribution < 1.29 is 9.53 Å². The molecule has 1 amide bonds. The van der Waals surface area contributed by atoms with Crippen LogP contribution < -0.4 is 10.6 Å². The molecule has 118 valence electrons. The van der Waals surface area contributed by atoms with Crippen molar-refractivity contribution in [2.45, 2.75) is 58.2 Å². The van der Waals surface area contributed by atoms with Crippen molar-refractivity contribution in [3.05, 3.63) is 18.2 Å². The van der Waals surface area contributed by atoms with Crippen LogP contribution in [0.2, 0.25) is 0 Å². The Hall–Kier alpha value is -1.56. The highest BCUT2D eigenvalue weighted by Crippen LogP contribution is 2.25. The zero-order valence-electron chi connectivity index (χ0n) is 13.1. The molecule has 0 aromatic carbocycles. The number of imidazole rings is 1. The molecule has 0 aliphatic heterocycles. The molecule has 2 atom stereocenters. The van der Waals surface area contributed by atoms with Gasteiger partial charge in [0.15, 0.2) is 0 Å². The third-order valence-corrected chi connectivity index (χ3v) is 3.68. The van der Waals surface area contributed by atoms with Gasteiger partial charge >= 0.3 is 6.09 Å². The summed E-state index contributed by atoms with van der Waals surface area (Å²) < 4.78 is 5.27. The Balaban J connectivity index is 1.73. The van der Waals surface area contributed by atoms with Crippen LogP contribution in [0, 0.1) is 5.92 Å². The van der Waals surface area contributed by atoms with E-state index in [0.717, 1.165) is 25.1 Å². The number of hydrogen-bond acceptors (Lipinski definition) is 4. The number of H-pyrrole nitrogens is 1. The van der Waals surface area contributed by atoms with Crippen LogP contribution >= 0.6 is 0 Å². The standard InChI is InChI=1S/C15H26N4O2/c1-15(2,3)21-14(20)18-7-11-5-4-6-13(11)17-9-12-8-16-10-19-12/h8,10-11,13,17H,4-7,9H2,1-3H3,(H,16,19)(H,18,20). The molecule has 1 aromatic heterocycles. The Morgan fingerprint density at radius 3 is 2.95 bits per heavy atom. The molecule has 1 aliphatic rings. The smallest absolute Gasteiger partial charge is 0.407 e. The maximum atomic E-state index is 11.7. The zero-order valence-corrected chi connectivity index (χ0v) is 13.1. The normalized spacial score (nSPS) is 22.2. The molecule has 2 unspecified atom stereocenters. The van der Waals surface area contributed by atoms with Crippen molar-refractivity contribution >= 4 is 6.09 Å². The van der Waals surface area contributed by atoms with Crippen molar-refractivity contribution in [1.82, 2.24) is 20.6 Å². The van der Waals surface area contributed by atoms with Gasteiger partial charge in [-0.25, -0.2) is 9.78 Å². The van der Waals surface area contributed by atoms with Crippen molar-refractivity contribution in [1.29, 1.82) is 0 Å². The number of carbonyl (C=O) groups is 1. The maximum Gasteiger partial charge on any atom is 0.407 e. The summed E-state index contributed by atoms with van der Waals surface area (Å²) in [5, 5.41) is 6.43. The highest BCUT2D eigenvalue weighted by molar-refractivity contribution is 5.67. The van der Waals surface area contributed by atoms with Gasteiger partial charge in [-0.3, -0.25) is 0 Å².